The number of imidazole rings is 1. The summed E-state index contributed by atoms with van der Waals surface area (Å²) < 4.78 is 12.5. The minimum Gasteiger partial charge on any atom is -0.497 e. The lowest BCUT2D eigenvalue weighted by Crippen LogP contribution is -2.43. The molecule has 0 atom stereocenters. The zero-order chi connectivity index (χ0) is 27.1. The SMILES string of the molecule is COc1ccc(-n2cc(-c3cccc(OC)c3)nc2NC(=O)CN(C(=O)Cc2ccccc2)C(C)C)cc1. The smallest absolute Gasteiger partial charge is 0.246 e. The lowest BCUT2D eigenvalue weighted by molar-refractivity contribution is -0.135. The summed E-state index contributed by atoms with van der Waals surface area (Å²) in [7, 11) is 3.22. The van der Waals surface area contributed by atoms with E-state index in [0.29, 0.717) is 17.4 Å². The van der Waals surface area contributed by atoms with E-state index in [0.717, 1.165) is 22.6 Å². The first-order chi connectivity index (χ1) is 18.4. The Bertz CT molecular complexity index is 1380. The van der Waals surface area contributed by atoms with Crippen molar-refractivity contribution >= 4 is 17.8 Å². The number of aromatic nitrogens is 2. The summed E-state index contributed by atoms with van der Waals surface area (Å²) in [5, 5.41) is 2.92. The normalized spacial score (nSPS) is 10.8. The second kappa shape index (κ2) is 12.1. The Morgan fingerprint density at radius 3 is 2.29 bits per heavy atom. The van der Waals surface area contributed by atoms with Crippen LogP contribution in [-0.2, 0) is 16.0 Å². The molecule has 0 aliphatic heterocycles. The molecule has 0 saturated carbocycles. The van der Waals surface area contributed by atoms with Gasteiger partial charge in [-0.15, -0.1) is 0 Å². The number of hydrogen-bond donors (Lipinski definition) is 1. The van der Waals surface area contributed by atoms with Crippen molar-refractivity contribution in [1.82, 2.24) is 14.5 Å². The monoisotopic (exact) mass is 512 g/mol. The highest BCUT2D eigenvalue weighted by Gasteiger charge is 2.22. The fourth-order valence-electron chi connectivity index (χ4n) is 4.08. The van der Waals surface area contributed by atoms with Gasteiger partial charge in [0.15, 0.2) is 0 Å². The van der Waals surface area contributed by atoms with E-state index in [9.17, 15) is 9.59 Å². The number of methoxy groups -OCH3 is 2. The number of amides is 2. The zero-order valence-electron chi connectivity index (χ0n) is 22.0. The van der Waals surface area contributed by atoms with Gasteiger partial charge < -0.3 is 14.4 Å². The van der Waals surface area contributed by atoms with E-state index in [2.05, 4.69) is 5.32 Å². The quantitative estimate of drug-likeness (QED) is 0.324. The average molecular weight is 513 g/mol. The third-order valence-electron chi connectivity index (χ3n) is 6.13. The third kappa shape index (κ3) is 6.39. The van der Waals surface area contributed by atoms with Crippen molar-refractivity contribution in [1.29, 1.82) is 0 Å². The number of hydrogen-bond acceptors (Lipinski definition) is 5. The highest BCUT2D eigenvalue weighted by molar-refractivity contribution is 5.94. The van der Waals surface area contributed by atoms with Crippen LogP contribution in [0.15, 0.2) is 85.1 Å². The van der Waals surface area contributed by atoms with Crippen LogP contribution in [-0.4, -0.2) is 53.1 Å². The molecule has 0 radical (unpaired) electrons. The summed E-state index contributed by atoms with van der Waals surface area (Å²) in [5.41, 5.74) is 3.20. The molecule has 0 unspecified atom stereocenters. The fourth-order valence-corrected chi connectivity index (χ4v) is 4.08. The fraction of sp³-hybridized carbons (Fsp3) is 0.233. The molecule has 1 heterocycles. The van der Waals surface area contributed by atoms with E-state index in [1.165, 1.54) is 0 Å². The summed E-state index contributed by atoms with van der Waals surface area (Å²) in [6, 6.07) is 24.4. The van der Waals surface area contributed by atoms with E-state index >= 15 is 0 Å². The Morgan fingerprint density at radius 2 is 1.63 bits per heavy atom. The molecular formula is C30H32N4O4. The number of nitrogens with one attached hydrogen (secondary N) is 1. The van der Waals surface area contributed by atoms with Gasteiger partial charge >= 0.3 is 0 Å². The van der Waals surface area contributed by atoms with E-state index in [4.69, 9.17) is 14.5 Å². The summed E-state index contributed by atoms with van der Waals surface area (Å²) in [6.45, 7) is 3.71. The minimum absolute atomic E-state index is 0.0900. The van der Waals surface area contributed by atoms with Crippen LogP contribution in [0.3, 0.4) is 0 Å². The first-order valence-electron chi connectivity index (χ1n) is 12.4. The summed E-state index contributed by atoms with van der Waals surface area (Å²) in [5.74, 6) is 1.32. The van der Waals surface area contributed by atoms with Gasteiger partial charge in [-0.3, -0.25) is 19.5 Å². The molecule has 196 valence electrons. The maximum absolute atomic E-state index is 13.2. The van der Waals surface area contributed by atoms with Crippen LogP contribution >= 0.6 is 0 Å². The molecule has 0 aliphatic carbocycles. The molecule has 8 heteroatoms. The lowest BCUT2D eigenvalue weighted by Gasteiger charge is -2.26. The van der Waals surface area contributed by atoms with Crippen molar-refractivity contribution in [2.45, 2.75) is 26.3 Å². The van der Waals surface area contributed by atoms with E-state index in [1.54, 1.807) is 23.7 Å². The summed E-state index contributed by atoms with van der Waals surface area (Å²) in [6.07, 6.45) is 2.08. The van der Waals surface area contributed by atoms with Gasteiger partial charge in [-0.25, -0.2) is 4.98 Å². The first-order valence-corrected chi connectivity index (χ1v) is 12.4. The number of carbonyl (C=O) groups excluding carboxylic acids is 2. The van der Waals surface area contributed by atoms with Crippen LogP contribution < -0.4 is 14.8 Å². The molecule has 0 spiro atoms. The van der Waals surface area contributed by atoms with Crippen molar-refractivity contribution in [3.63, 3.8) is 0 Å². The molecule has 1 N–H and O–H groups in total. The molecule has 0 saturated heterocycles. The van der Waals surface area contributed by atoms with Crippen LogP contribution in [0.4, 0.5) is 5.95 Å². The number of rotatable bonds is 10. The molecule has 0 aliphatic rings. The van der Waals surface area contributed by atoms with Crippen LogP contribution in [0.25, 0.3) is 16.9 Å². The largest absolute Gasteiger partial charge is 0.497 e. The van der Waals surface area contributed by atoms with E-state index < -0.39 is 0 Å². The predicted molar refractivity (Wildman–Crippen MR) is 148 cm³/mol. The zero-order valence-corrected chi connectivity index (χ0v) is 22.0. The lowest BCUT2D eigenvalue weighted by atomic mass is 10.1. The minimum atomic E-state index is -0.335. The van der Waals surface area contributed by atoms with Crippen LogP contribution in [0.2, 0.25) is 0 Å². The van der Waals surface area contributed by atoms with Gasteiger partial charge in [0.1, 0.15) is 18.0 Å². The number of carbonyl (C=O) groups is 2. The molecule has 4 aromatic rings. The molecule has 38 heavy (non-hydrogen) atoms. The standard InChI is InChI=1S/C30H32N4O4/c1-21(2)33(29(36)17-22-9-6-5-7-10-22)20-28(35)32-30-31-27(23-11-8-12-26(18-23)38-4)19-34(30)24-13-15-25(37-3)16-14-24/h5-16,18-19,21H,17,20H2,1-4H3,(H,31,32,35). The molecule has 8 nitrogen and oxygen atoms in total. The maximum Gasteiger partial charge on any atom is 0.246 e. The van der Waals surface area contributed by atoms with Crippen LogP contribution in [0, 0.1) is 0 Å². The van der Waals surface area contributed by atoms with Gasteiger partial charge in [0, 0.05) is 23.5 Å². The topological polar surface area (TPSA) is 85.7 Å². The molecule has 0 fully saturated rings. The van der Waals surface area contributed by atoms with Gasteiger partial charge in [-0.05, 0) is 55.8 Å². The van der Waals surface area contributed by atoms with Crippen molar-refractivity contribution in [3.05, 3.63) is 90.6 Å². The molecule has 0 bridgehead atoms. The van der Waals surface area contributed by atoms with E-state index in [-0.39, 0.29) is 30.8 Å². The number of benzene rings is 3. The Morgan fingerprint density at radius 1 is 0.921 bits per heavy atom. The number of anilines is 1. The Kier molecular flexibility index (Phi) is 8.43. The van der Waals surface area contributed by atoms with Gasteiger partial charge in [0.2, 0.25) is 17.8 Å². The second-order valence-electron chi connectivity index (χ2n) is 9.08. The van der Waals surface area contributed by atoms with Gasteiger partial charge in [-0.2, -0.15) is 0 Å². The van der Waals surface area contributed by atoms with Crippen LogP contribution in [0.5, 0.6) is 11.5 Å². The third-order valence-corrected chi connectivity index (χ3v) is 6.13. The Hall–Kier alpha value is -4.59. The van der Waals surface area contributed by atoms with E-state index in [1.807, 2.05) is 98.9 Å². The van der Waals surface area contributed by atoms with Gasteiger partial charge in [0.25, 0.3) is 0 Å². The van der Waals surface area contributed by atoms with Crippen molar-refractivity contribution in [3.8, 4) is 28.4 Å². The molecule has 1 aromatic heterocycles. The molecule has 4 rings (SSSR count). The average Bonchev–Trinajstić information content (AvgIpc) is 3.35. The maximum atomic E-state index is 13.2. The van der Waals surface area contributed by atoms with Gasteiger partial charge in [-0.1, -0.05) is 42.5 Å². The highest BCUT2D eigenvalue weighted by atomic mass is 16.5. The van der Waals surface area contributed by atoms with Crippen molar-refractivity contribution in [2.75, 3.05) is 26.1 Å². The Balaban J connectivity index is 1.60. The number of ether oxygens (including phenoxy) is 2. The summed E-state index contributed by atoms with van der Waals surface area (Å²) >= 11 is 0. The van der Waals surface area contributed by atoms with Crippen LogP contribution in [0.1, 0.15) is 19.4 Å². The predicted octanol–water partition coefficient (Wildman–Crippen LogP) is 4.97. The molecule has 2 amide bonds. The second-order valence-corrected chi connectivity index (χ2v) is 9.08. The van der Waals surface area contributed by atoms with Crippen molar-refractivity contribution < 1.29 is 19.1 Å². The first kappa shape index (κ1) is 26.5. The molecule has 3 aromatic carbocycles. The molecular weight excluding hydrogens is 480 g/mol. The number of nitrogens with zero attached hydrogens (tertiary/aromatic N) is 3. The Labute approximate surface area is 222 Å². The van der Waals surface area contributed by atoms with Crippen molar-refractivity contribution in [2.24, 2.45) is 0 Å². The highest BCUT2D eigenvalue weighted by Crippen LogP contribution is 2.27. The van der Waals surface area contributed by atoms with Gasteiger partial charge in [0.05, 0.1) is 26.3 Å². The summed E-state index contributed by atoms with van der Waals surface area (Å²) in [4.78, 5) is 32.6.